The molecule has 0 aromatic rings. The van der Waals surface area contributed by atoms with Gasteiger partial charge >= 0.3 is 18.0 Å². The Morgan fingerprint density at radius 3 is 2.12 bits per heavy atom. The number of nitrogens with one attached hydrogen (secondary N) is 1. The Kier molecular flexibility index (Phi) is 11.7. The molecule has 0 bridgehead atoms. The molecule has 0 spiro atoms. The Hall–Kier alpha value is -1.79. The van der Waals surface area contributed by atoms with Gasteiger partial charge in [0.2, 0.25) is 0 Å². The zero-order valence-electron chi connectivity index (χ0n) is 16.9. The second kappa shape index (κ2) is 12.5. The van der Waals surface area contributed by atoms with Gasteiger partial charge in [-0.15, -0.1) is 0 Å². The number of carboxylic acids is 1. The van der Waals surface area contributed by atoms with E-state index in [2.05, 4.69) is 19.2 Å². The Morgan fingerprint density at radius 1 is 1.04 bits per heavy atom. The molecule has 0 fully saturated rings. The van der Waals surface area contributed by atoms with Crippen molar-refractivity contribution in [2.75, 3.05) is 6.54 Å². The molecule has 7 heteroatoms. The number of rotatable bonds is 12. The summed E-state index contributed by atoms with van der Waals surface area (Å²) in [6.07, 6.45) is 1.08. The van der Waals surface area contributed by atoms with Crippen LogP contribution in [0.3, 0.4) is 0 Å². The molecule has 0 saturated carbocycles. The summed E-state index contributed by atoms with van der Waals surface area (Å²) in [6, 6.07) is 0. The monoisotopic (exact) mass is 373 g/mol. The van der Waals surface area contributed by atoms with E-state index in [1.165, 1.54) is 0 Å². The molecule has 152 valence electrons. The van der Waals surface area contributed by atoms with Crippen molar-refractivity contribution in [2.24, 2.45) is 23.7 Å². The summed E-state index contributed by atoms with van der Waals surface area (Å²) in [6.45, 7) is 11.3. The van der Waals surface area contributed by atoms with Crippen molar-refractivity contribution in [3.8, 4) is 0 Å². The van der Waals surface area contributed by atoms with E-state index in [4.69, 9.17) is 14.6 Å². The quantitative estimate of drug-likeness (QED) is 0.398. The van der Waals surface area contributed by atoms with E-state index < -0.39 is 24.3 Å². The first-order valence-corrected chi connectivity index (χ1v) is 9.43. The maximum atomic E-state index is 12.0. The minimum atomic E-state index is -0.971. The average molecular weight is 373 g/mol. The molecule has 0 aliphatic rings. The van der Waals surface area contributed by atoms with Gasteiger partial charge in [0.05, 0.1) is 5.92 Å². The first kappa shape index (κ1) is 24.2. The summed E-state index contributed by atoms with van der Waals surface area (Å²) in [5.41, 5.74) is 0. The van der Waals surface area contributed by atoms with Gasteiger partial charge < -0.3 is 19.9 Å². The number of ether oxygens (including phenoxy) is 2. The fourth-order valence-electron chi connectivity index (χ4n) is 2.59. The van der Waals surface area contributed by atoms with E-state index in [0.717, 1.165) is 19.3 Å². The lowest BCUT2D eigenvalue weighted by atomic mass is 9.90. The van der Waals surface area contributed by atoms with Crippen LogP contribution in [0.25, 0.3) is 0 Å². The number of esters is 1. The average Bonchev–Trinajstić information content (AvgIpc) is 2.51. The van der Waals surface area contributed by atoms with E-state index in [9.17, 15) is 14.4 Å². The van der Waals surface area contributed by atoms with Crippen molar-refractivity contribution in [1.29, 1.82) is 0 Å². The highest BCUT2D eigenvalue weighted by Crippen LogP contribution is 2.19. The second-order valence-electron chi connectivity index (χ2n) is 7.58. The van der Waals surface area contributed by atoms with Gasteiger partial charge in [-0.2, -0.15) is 0 Å². The largest absolute Gasteiger partial charge is 0.481 e. The van der Waals surface area contributed by atoms with Crippen molar-refractivity contribution in [3.05, 3.63) is 0 Å². The number of carboxylic acid groups (broad SMARTS) is 1. The molecule has 0 aliphatic carbocycles. The molecule has 7 nitrogen and oxygen atoms in total. The molecule has 1 amide bonds. The molecule has 0 aliphatic heterocycles. The number of aliphatic carboxylic acids is 1. The molecule has 0 radical (unpaired) electrons. The van der Waals surface area contributed by atoms with Gasteiger partial charge in [-0.25, -0.2) is 4.79 Å². The van der Waals surface area contributed by atoms with E-state index in [1.807, 2.05) is 0 Å². The predicted octanol–water partition coefficient (Wildman–Crippen LogP) is 3.81. The molecule has 3 atom stereocenters. The normalized spacial score (nSPS) is 14.6. The number of carbonyl (C=O) groups excluding carboxylic acids is 2. The molecule has 0 heterocycles. The lowest BCUT2D eigenvalue weighted by Gasteiger charge is -2.24. The molecule has 0 unspecified atom stereocenters. The van der Waals surface area contributed by atoms with E-state index in [-0.39, 0.29) is 30.7 Å². The summed E-state index contributed by atoms with van der Waals surface area (Å²) < 4.78 is 10.4. The zero-order chi connectivity index (χ0) is 20.3. The van der Waals surface area contributed by atoms with Crippen molar-refractivity contribution in [3.63, 3.8) is 0 Å². The van der Waals surface area contributed by atoms with Crippen LogP contribution in [0.2, 0.25) is 0 Å². The topological polar surface area (TPSA) is 102 Å². The SMILES string of the molecule is CCC[C@@H](C)C[C@H](CNC(=O)O[C@@H](OC(=O)C(C)C)C(C)C)CC(=O)O. The summed E-state index contributed by atoms with van der Waals surface area (Å²) >= 11 is 0. The third-order valence-corrected chi connectivity index (χ3v) is 3.99. The highest BCUT2D eigenvalue weighted by molar-refractivity contribution is 5.72. The van der Waals surface area contributed by atoms with E-state index in [1.54, 1.807) is 27.7 Å². The minimum Gasteiger partial charge on any atom is -0.481 e. The fraction of sp³-hybridized carbons (Fsp3) is 0.842. The minimum absolute atomic E-state index is 0.00964. The summed E-state index contributed by atoms with van der Waals surface area (Å²) in [7, 11) is 0. The standard InChI is InChI=1S/C19H35NO6/c1-7-8-14(6)9-15(10-16(21)22)11-20-19(24)26-18(13(4)5)25-17(23)12(2)3/h12-15,18H,7-11H2,1-6H3,(H,20,24)(H,21,22)/t14-,15+,18-/m1/s1. The molecular weight excluding hydrogens is 338 g/mol. The van der Waals surface area contributed by atoms with Crippen molar-refractivity contribution < 1.29 is 29.0 Å². The van der Waals surface area contributed by atoms with Gasteiger partial charge in [-0.3, -0.25) is 9.59 Å². The van der Waals surface area contributed by atoms with Crippen LogP contribution < -0.4 is 5.32 Å². The predicted molar refractivity (Wildman–Crippen MR) is 98.5 cm³/mol. The molecule has 0 rings (SSSR count). The van der Waals surface area contributed by atoms with E-state index in [0.29, 0.717) is 5.92 Å². The van der Waals surface area contributed by atoms with Gasteiger partial charge in [-0.1, -0.05) is 54.4 Å². The van der Waals surface area contributed by atoms with Crippen molar-refractivity contribution >= 4 is 18.0 Å². The number of alkyl carbamates (subject to hydrolysis) is 1. The first-order chi connectivity index (χ1) is 12.1. The lowest BCUT2D eigenvalue weighted by Crippen LogP contribution is -2.37. The molecular formula is C19H35NO6. The zero-order valence-corrected chi connectivity index (χ0v) is 16.9. The summed E-state index contributed by atoms with van der Waals surface area (Å²) in [4.78, 5) is 34.8. The van der Waals surface area contributed by atoms with Crippen molar-refractivity contribution in [1.82, 2.24) is 5.32 Å². The van der Waals surface area contributed by atoms with E-state index >= 15 is 0 Å². The fourth-order valence-corrected chi connectivity index (χ4v) is 2.59. The second-order valence-corrected chi connectivity index (χ2v) is 7.58. The Morgan fingerprint density at radius 2 is 1.65 bits per heavy atom. The van der Waals surface area contributed by atoms with Gasteiger partial charge in [-0.05, 0) is 18.3 Å². The number of hydrogen-bond acceptors (Lipinski definition) is 5. The summed E-state index contributed by atoms with van der Waals surface area (Å²) in [5.74, 6) is -1.62. The van der Waals surface area contributed by atoms with Crippen molar-refractivity contribution in [2.45, 2.75) is 73.5 Å². The molecule has 0 aromatic heterocycles. The first-order valence-electron chi connectivity index (χ1n) is 9.43. The van der Waals surface area contributed by atoms with Crippen LogP contribution in [0, 0.1) is 23.7 Å². The van der Waals surface area contributed by atoms with Gasteiger partial charge in [0.1, 0.15) is 0 Å². The number of hydrogen-bond donors (Lipinski definition) is 2. The third kappa shape index (κ3) is 10.9. The maximum Gasteiger partial charge on any atom is 0.410 e. The van der Waals surface area contributed by atoms with Gasteiger partial charge in [0, 0.05) is 18.9 Å². The van der Waals surface area contributed by atoms with Crippen LogP contribution >= 0.6 is 0 Å². The van der Waals surface area contributed by atoms with Crippen LogP contribution in [0.5, 0.6) is 0 Å². The number of amides is 1. The molecule has 26 heavy (non-hydrogen) atoms. The van der Waals surface area contributed by atoms with Crippen LogP contribution in [-0.2, 0) is 19.1 Å². The highest BCUT2D eigenvalue weighted by Gasteiger charge is 2.25. The smallest absolute Gasteiger partial charge is 0.410 e. The molecule has 0 aromatic carbocycles. The Balaban J connectivity index is 4.62. The van der Waals surface area contributed by atoms with Crippen LogP contribution in [0.15, 0.2) is 0 Å². The third-order valence-electron chi connectivity index (χ3n) is 3.99. The summed E-state index contributed by atoms with van der Waals surface area (Å²) in [5, 5.41) is 11.7. The van der Waals surface area contributed by atoms with Crippen LogP contribution in [-0.4, -0.2) is 36.0 Å². The maximum absolute atomic E-state index is 12.0. The number of carbonyl (C=O) groups is 3. The molecule has 0 saturated heterocycles. The molecule has 2 N–H and O–H groups in total. The Labute approximate surface area is 156 Å². The van der Waals surface area contributed by atoms with Gasteiger partial charge in [0.15, 0.2) is 0 Å². The highest BCUT2D eigenvalue weighted by atomic mass is 16.7. The van der Waals surface area contributed by atoms with Gasteiger partial charge in [0.25, 0.3) is 6.29 Å². The van der Waals surface area contributed by atoms with Crippen LogP contribution in [0.1, 0.15) is 67.2 Å². The lowest BCUT2D eigenvalue weighted by molar-refractivity contribution is -0.178. The Bertz CT molecular complexity index is 449. The van der Waals surface area contributed by atoms with Crippen LogP contribution in [0.4, 0.5) is 4.79 Å².